The molecule has 0 saturated heterocycles. The third kappa shape index (κ3) is 2.99. The molecule has 0 fully saturated rings. The van der Waals surface area contributed by atoms with E-state index in [1.54, 1.807) is 7.11 Å². The summed E-state index contributed by atoms with van der Waals surface area (Å²) in [4.78, 5) is 0. The predicted octanol–water partition coefficient (Wildman–Crippen LogP) is 2.39. The lowest BCUT2D eigenvalue weighted by Crippen LogP contribution is -2.13. The van der Waals surface area contributed by atoms with Crippen LogP contribution in [-0.2, 0) is 0 Å². The van der Waals surface area contributed by atoms with Gasteiger partial charge in [-0.15, -0.1) is 0 Å². The summed E-state index contributed by atoms with van der Waals surface area (Å²) in [6, 6.07) is 2.09. The molecule has 96 valence electrons. The van der Waals surface area contributed by atoms with E-state index in [-0.39, 0.29) is 12.6 Å². The molecule has 17 heavy (non-hydrogen) atoms. The maximum absolute atomic E-state index is 8.85. The number of aliphatic hydroxyl groups excluding tert-OH is 1. The van der Waals surface area contributed by atoms with E-state index in [4.69, 9.17) is 15.6 Å². The summed E-state index contributed by atoms with van der Waals surface area (Å²) in [5, 5.41) is 8.85. The zero-order chi connectivity index (χ0) is 13.0. The van der Waals surface area contributed by atoms with Crippen LogP contribution in [0.5, 0.6) is 5.75 Å². The number of hydrogen-bond acceptors (Lipinski definition) is 3. The van der Waals surface area contributed by atoms with Crippen molar-refractivity contribution < 1.29 is 9.84 Å². The fraction of sp³-hybridized carbons (Fsp3) is 0.571. The minimum absolute atomic E-state index is 0.00884. The molecule has 0 aliphatic rings. The number of methoxy groups -OCH3 is 1. The summed E-state index contributed by atoms with van der Waals surface area (Å²) >= 11 is 0. The molecular formula is C14H23NO2. The number of benzene rings is 1. The number of aryl methyl sites for hydroxylation is 1. The van der Waals surface area contributed by atoms with Crippen LogP contribution in [0.4, 0.5) is 0 Å². The molecule has 1 rings (SSSR count). The Morgan fingerprint density at radius 1 is 1.29 bits per heavy atom. The lowest BCUT2D eigenvalue weighted by atomic mass is 9.92. The van der Waals surface area contributed by atoms with Crippen molar-refractivity contribution in [3.8, 4) is 5.75 Å². The predicted molar refractivity (Wildman–Crippen MR) is 70.5 cm³/mol. The first-order valence-electron chi connectivity index (χ1n) is 6.04. The summed E-state index contributed by atoms with van der Waals surface area (Å²) in [7, 11) is 1.69. The molecule has 1 aromatic carbocycles. The van der Waals surface area contributed by atoms with Gasteiger partial charge in [0.05, 0.1) is 7.11 Å². The molecule has 0 heterocycles. The van der Waals surface area contributed by atoms with Crippen LogP contribution in [0.1, 0.15) is 41.1 Å². The normalized spacial score (nSPS) is 12.6. The minimum atomic E-state index is -0.00884. The highest BCUT2D eigenvalue weighted by molar-refractivity contribution is 5.49. The fourth-order valence-electron chi connectivity index (χ4n) is 2.26. The van der Waals surface area contributed by atoms with Crippen LogP contribution in [0.25, 0.3) is 0 Å². The van der Waals surface area contributed by atoms with Gasteiger partial charge in [-0.2, -0.15) is 0 Å². The summed E-state index contributed by atoms with van der Waals surface area (Å²) in [6.45, 7) is 6.36. The van der Waals surface area contributed by atoms with Crippen molar-refractivity contribution in [1.29, 1.82) is 0 Å². The van der Waals surface area contributed by atoms with Crippen LogP contribution >= 0.6 is 0 Å². The van der Waals surface area contributed by atoms with E-state index < -0.39 is 0 Å². The number of nitrogens with two attached hydrogens (primary N) is 1. The van der Waals surface area contributed by atoms with Crippen LogP contribution < -0.4 is 10.5 Å². The van der Waals surface area contributed by atoms with Gasteiger partial charge in [0.15, 0.2) is 0 Å². The molecule has 3 heteroatoms. The molecule has 0 aliphatic carbocycles. The van der Waals surface area contributed by atoms with E-state index >= 15 is 0 Å². The SMILES string of the molecule is COc1c(C)cc(C(N)CCCO)c(C)c1C. The van der Waals surface area contributed by atoms with E-state index in [0.29, 0.717) is 0 Å². The second-order valence-electron chi connectivity index (χ2n) is 4.54. The van der Waals surface area contributed by atoms with E-state index in [2.05, 4.69) is 19.9 Å². The molecular weight excluding hydrogens is 214 g/mol. The van der Waals surface area contributed by atoms with Gasteiger partial charge in [0.1, 0.15) is 5.75 Å². The third-order valence-electron chi connectivity index (χ3n) is 3.34. The van der Waals surface area contributed by atoms with Gasteiger partial charge in [0.25, 0.3) is 0 Å². The fourth-order valence-corrected chi connectivity index (χ4v) is 2.26. The molecule has 3 nitrogen and oxygen atoms in total. The van der Waals surface area contributed by atoms with Gasteiger partial charge >= 0.3 is 0 Å². The van der Waals surface area contributed by atoms with Crippen molar-refractivity contribution in [1.82, 2.24) is 0 Å². The van der Waals surface area contributed by atoms with Crippen LogP contribution in [0, 0.1) is 20.8 Å². The average Bonchev–Trinajstić information content (AvgIpc) is 2.31. The largest absolute Gasteiger partial charge is 0.496 e. The summed E-state index contributed by atoms with van der Waals surface area (Å²) in [6.07, 6.45) is 1.55. The molecule has 1 unspecified atom stereocenters. The summed E-state index contributed by atoms with van der Waals surface area (Å²) < 4.78 is 5.39. The van der Waals surface area contributed by atoms with Gasteiger partial charge in [-0.1, -0.05) is 6.07 Å². The summed E-state index contributed by atoms with van der Waals surface area (Å²) in [5.74, 6) is 0.945. The number of rotatable bonds is 5. The Morgan fingerprint density at radius 2 is 1.94 bits per heavy atom. The Morgan fingerprint density at radius 3 is 2.47 bits per heavy atom. The van der Waals surface area contributed by atoms with Gasteiger partial charge in [-0.3, -0.25) is 0 Å². The third-order valence-corrected chi connectivity index (χ3v) is 3.34. The maximum Gasteiger partial charge on any atom is 0.124 e. The first-order valence-corrected chi connectivity index (χ1v) is 6.04. The monoisotopic (exact) mass is 237 g/mol. The number of ether oxygens (including phenoxy) is 1. The van der Waals surface area contributed by atoms with Crippen LogP contribution in [0.15, 0.2) is 6.07 Å². The molecule has 0 aromatic heterocycles. The van der Waals surface area contributed by atoms with Crippen molar-refractivity contribution in [2.24, 2.45) is 5.73 Å². The van der Waals surface area contributed by atoms with Crippen molar-refractivity contribution in [2.75, 3.05) is 13.7 Å². The molecule has 0 saturated carbocycles. The minimum Gasteiger partial charge on any atom is -0.496 e. The van der Waals surface area contributed by atoms with Gasteiger partial charge in [-0.25, -0.2) is 0 Å². The summed E-state index contributed by atoms with van der Waals surface area (Å²) in [5.41, 5.74) is 10.8. The highest BCUT2D eigenvalue weighted by atomic mass is 16.5. The van der Waals surface area contributed by atoms with E-state index in [9.17, 15) is 0 Å². The van der Waals surface area contributed by atoms with E-state index in [1.807, 2.05) is 6.92 Å². The first-order chi connectivity index (χ1) is 8.02. The number of aliphatic hydroxyl groups is 1. The Hall–Kier alpha value is -1.06. The molecule has 0 spiro atoms. The standard InChI is InChI=1S/C14H23NO2/c1-9-8-12(13(15)6-5-7-16)10(2)11(3)14(9)17-4/h8,13,16H,5-7,15H2,1-4H3. The smallest absolute Gasteiger partial charge is 0.124 e. The Kier molecular flexibility index (Phi) is 4.97. The molecule has 0 aliphatic heterocycles. The van der Waals surface area contributed by atoms with Crippen molar-refractivity contribution in [2.45, 2.75) is 39.7 Å². The zero-order valence-electron chi connectivity index (χ0n) is 11.2. The second kappa shape index (κ2) is 6.03. The Labute approximate surface area is 104 Å². The van der Waals surface area contributed by atoms with Gasteiger partial charge in [0, 0.05) is 12.6 Å². The molecule has 0 bridgehead atoms. The van der Waals surface area contributed by atoms with E-state index in [1.165, 1.54) is 5.56 Å². The van der Waals surface area contributed by atoms with Crippen LogP contribution in [-0.4, -0.2) is 18.8 Å². The first kappa shape index (κ1) is 14.0. The molecule has 0 amide bonds. The van der Waals surface area contributed by atoms with Gasteiger partial charge in [-0.05, 0) is 55.9 Å². The molecule has 0 radical (unpaired) electrons. The number of hydrogen-bond donors (Lipinski definition) is 2. The van der Waals surface area contributed by atoms with Crippen LogP contribution in [0.3, 0.4) is 0 Å². The Balaban J connectivity index is 3.09. The van der Waals surface area contributed by atoms with Crippen LogP contribution in [0.2, 0.25) is 0 Å². The lowest BCUT2D eigenvalue weighted by molar-refractivity contribution is 0.280. The second-order valence-corrected chi connectivity index (χ2v) is 4.54. The highest BCUT2D eigenvalue weighted by Crippen LogP contribution is 2.31. The molecule has 1 atom stereocenters. The quantitative estimate of drug-likeness (QED) is 0.826. The lowest BCUT2D eigenvalue weighted by Gasteiger charge is -2.20. The maximum atomic E-state index is 8.85. The average molecular weight is 237 g/mol. The van der Waals surface area contributed by atoms with Gasteiger partial charge < -0.3 is 15.6 Å². The van der Waals surface area contributed by atoms with Crippen molar-refractivity contribution >= 4 is 0 Å². The topological polar surface area (TPSA) is 55.5 Å². The molecule has 1 aromatic rings. The highest BCUT2D eigenvalue weighted by Gasteiger charge is 2.15. The van der Waals surface area contributed by atoms with E-state index in [0.717, 1.165) is 35.3 Å². The zero-order valence-corrected chi connectivity index (χ0v) is 11.2. The van der Waals surface area contributed by atoms with Crippen molar-refractivity contribution in [3.63, 3.8) is 0 Å². The van der Waals surface area contributed by atoms with Gasteiger partial charge in [0.2, 0.25) is 0 Å². The van der Waals surface area contributed by atoms with Crippen molar-refractivity contribution in [3.05, 3.63) is 28.3 Å². The Bertz CT molecular complexity index is 388. The molecule has 3 N–H and O–H groups in total.